The summed E-state index contributed by atoms with van der Waals surface area (Å²) in [4.78, 5) is 57.1. The number of pyridine rings is 2. The van der Waals surface area contributed by atoms with Gasteiger partial charge in [0.15, 0.2) is 0 Å². The summed E-state index contributed by atoms with van der Waals surface area (Å²) in [6.45, 7) is 9.72. The molecule has 4 N–H and O–H groups in total. The Balaban J connectivity index is 0.901. The van der Waals surface area contributed by atoms with Crippen molar-refractivity contribution in [3.8, 4) is 22.4 Å². The molecule has 0 unspecified atom stereocenters. The number of anilines is 2. The van der Waals surface area contributed by atoms with Crippen LogP contribution in [-0.2, 0) is 9.59 Å². The van der Waals surface area contributed by atoms with Gasteiger partial charge in [0.1, 0.15) is 23.7 Å². The molecule has 2 aliphatic rings. The van der Waals surface area contributed by atoms with Crippen LogP contribution in [0.15, 0.2) is 110 Å². The topological polar surface area (TPSA) is 148 Å². The quantitative estimate of drug-likeness (QED) is 0.0957. The van der Waals surface area contributed by atoms with E-state index >= 15 is 0 Å². The van der Waals surface area contributed by atoms with Crippen LogP contribution in [0.5, 0.6) is 0 Å². The van der Waals surface area contributed by atoms with E-state index in [-0.39, 0.29) is 47.8 Å². The van der Waals surface area contributed by atoms with Crippen LogP contribution in [-0.4, -0.2) is 76.7 Å². The lowest BCUT2D eigenvalue weighted by Gasteiger charge is -2.30. The van der Waals surface area contributed by atoms with Crippen LogP contribution in [0.3, 0.4) is 0 Å². The first-order valence-corrected chi connectivity index (χ1v) is 21.2. The minimum atomic E-state index is -0.352. The number of likely N-dealkylation sites (tertiary alicyclic amines) is 2. The van der Waals surface area contributed by atoms with E-state index in [4.69, 9.17) is 9.97 Å². The second-order valence-electron chi connectivity index (χ2n) is 16.9. The maximum absolute atomic E-state index is 14.0. The smallest absolute Gasteiger partial charge is 0.245 e. The van der Waals surface area contributed by atoms with Gasteiger partial charge in [0.2, 0.25) is 11.8 Å². The first kappa shape index (κ1) is 38.9. The fourth-order valence-corrected chi connectivity index (χ4v) is 8.88. The molecule has 7 aromatic rings. The molecule has 0 radical (unpaired) electrons. The van der Waals surface area contributed by atoms with Crippen LogP contribution < -0.4 is 10.6 Å². The van der Waals surface area contributed by atoms with Gasteiger partial charge in [0.05, 0.1) is 35.0 Å². The Morgan fingerprint density at radius 3 is 1.73 bits per heavy atom. The third-order valence-electron chi connectivity index (χ3n) is 12.2. The molecule has 306 valence electrons. The van der Waals surface area contributed by atoms with Gasteiger partial charge in [-0.3, -0.25) is 19.6 Å². The van der Waals surface area contributed by atoms with Crippen molar-refractivity contribution in [1.82, 2.24) is 39.7 Å². The summed E-state index contributed by atoms with van der Waals surface area (Å²) in [5, 5.41) is 9.15. The summed E-state index contributed by atoms with van der Waals surface area (Å²) in [5.41, 5.74) is 7.79. The van der Waals surface area contributed by atoms with Gasteiger partial charge in [-0.05, 0) is 108 Å². The Bertz CT molecular complexity index is 2620. The second-order valence-corrected chi connectivity index (χ2v) is 16.9. The summed E-state index contributed by atoms with van der Waals surface area (Å²) in [6, 6.07) is 26.0. The number of hydrogen-bond acceptors (Lipinski definition) is 8. The third kappa shape index (κ3) is 7.81. The fraction of sp³-hybridized carbons (Fsp3) is 0.333. The van der Waals surface area contributed by atoms with Crippen LogP contribution in [0.1, 0.15) is 77.1 Å². The summed E-state index contributed by atoms with van der Waals surface area (Å²) in [7, 11) is 0. The number of carbonyl (C=O) groups excluding carboxylic acids is 2. The van der Waals surface area contributed by atoms with Gasteiger partial charge >= 0.3 is 0 Å². The predicted molar refractivity (Wildman–Crippen MR) is 237 cm³/mol. The van der Waals surface area contributed by atoms with E-state index in [2.05, 4.69) is 113 Å². The summed E-state index contributed by atoms with van der Waals surface area (Å²) in [5.74, 6) is 2.05. The van der Waals surface area contributed by atoms with Crippen molar-refractivity contribution in [2.24, 2.45) is 11.8 Å². The Kier molecular flexibility index (Phi) is 10.8. The zero-order valence-corrected chi connectivity index (χ0v) is 34.6. The minimum Gasteiger partial charge on any atom is -0.373 e. The van der Waals surface area contributed by atoms with Crippen molar-refractivity contribution in [2.45, 2.75) is 77.5 Å². The van der Waals surface area contributed by atoms with E-state index in [1.54, 1.807) is 24.8 Å². The van der Waals surface area contributed by atoms with Crippen LogP contribution in [0, 0.1) is 11.8 Å². The van der Waals surface area contributed by atoms with E-state index in [0.717, 1.165) is 92.9 Å². The molecular weight excluding hydrogens is 749 g/mol. The number of nitrogens with one attached hydrogen (secondary N) is 4. The molecule has 3 aromatic carbocycles. The van der Waals surface area contributed by atoms with E-state index in [1.165, 1.54) is 0 Å². The molecule has 12 nitrogen and oxygen atoms in total. The average molecular weight is 801 g/mol. The van der Waals surface area contributed by atoms with E-state index < -0.39 is 0 Å². The number of carbonyl (C=O) groups is 2. The largest absolute Gasteiger partial charge is 0.373 e. The number of benzene rings is 3. The van der Waals surface area contributed by atoms with Gasteiger partial charge in [-0.25, -0.2) is 9.97 Å². The zero-order chi connectivity index (χ0) is 41.3. The zero-order valence-electron chi connectivity index (χ0n) is 34.6. The molecule has 2 amide bonds. The molecule has 6 heterocycles. The molecule has 2 aliphatic heterocycles. The van der Waals surface area contributed by atoms with Gasteiger partial charge in [-0.15, -0.1) is 0 Å². The highest BCUT2D eigenvalue weighted by molar-refractivity contribution is 5.92. The van der Waals surface area contributed by atoms with E-state index in [9.17, 15) is 9.59 Å². The fourth-order valence-electron chi connectivity index (χ4n) is 8.88. The lowest BCUT2D eigenvalue weighted by molar-refractivity contribution is -0.134. The van der Waals surface area contributed by atoms with E-state index in [0.29, 0.717) is 13.1 Å². The molecule has 4 atom stereocenters. The number of amides is 2. The van der Waals surface area contributed by atoms with Crippen LogP contribution in [0.2, 0.25) is 0 Å². The number of nitrogens with zero attached hydrogens (tertiary/aromatic N) is 6. The molecule has 0 aliphatic carbocycles. The van der Waals surface area contributed by atoms with Crippen molar-refractivity contribution in [3.05, 3.63) is 121 Å². The molecule has 4 aromatic heterocycles. The van der Waals surface area contributed by atoms with Crippen molar-refractivity contribution >= 4 is 45.0 Å². The Hall–Kier alpha value is -6.56. The van der Waals surface area contributed by atoms with Crippen molar-refractivity contribution < 1.29 is 9.59 Å². The molecule has 0 bridgehead atoms. The van der Waals surface area contributed by atoms with Crippen LogP contribution >= 0.6 is 0 Å². The minimum absolute atomic E-state index is 0.0916. The standard InChI is InChI=1S/C48H52N10O2/c1-29(2)43(52-36-15-19-49-20-16-36)47(59)57-23-5-7-41(57)45-51-28-40(56-45)35-12-11-31-25-32(9-10-33(31)26-35)34-13-14-38-39(27-34)55-46(54-38)42-8-6-24-58(42)48(60)44(30(3)4)53-37-17-21-50-22-18-37/h9-22,25-30,41-44H,5-8,23-24H2,1-4H3,(H,49,52)(H,50,53)(H,51,56)(H,54,55)/t41-,42-,43-,44-/m0/s1. The second kappa shape index (κ2) is 16.6. The number of aromatic nitrogens is 6. The van der Waals surface area contributed by atoms with Crippen molar-refractivity contribution in [1.29, 1.82) is 0 Å². The Labute approximate surface area is 350 Å². The molecule has 0 spiro atoms. The highest BCUT2D eigenvalue weighted by atomic mass is 16.2. The monoisotopic (exact) mass is 800 g/mol. The number of rotatable bonds is 12. The lowest BCUT2D eigenvalue weighted by Crippen LogP contribution is -2.45. The maximum atomic E-state index is 14.0. The Morgan fingerprint density at radius 1 is 0.633 bits per heavy atom. The average Bonchev–Trinajstić information content (AvgIpc) is 4.11. The molecule has 2 saturated heterocycles. The Morgan fingerprint density at radius 2 is 1.15 bits per heavy atom. The third-order valence-corrected chi connectivity index (χ3v) is 12.2. The number of hydrogen-bond donors (Lipinski definition) is 4. The van der Waals surface area contributed by atoms with Gasteiger partial charge < -0.3 is 30.4 Å². The molecular formula is C48H52N10O2. The molecule has 9 rings (SSSR count). The summed E-state index contributed by atoms with van der Waals surface area (Å²) >= 11 is 0. The first-order chi connectivity index (χ1) is 29.2. The highest BCUT2D eigenvalue weighted by Crippen LogP contribution is 2.36. The number of fused-ring (bicyclic) bond motifs is 2. The van der Waals surface area contributed by atoms with Crippen LogP contribution in [0.25, 0.3) is 44.2 Å². The van der Waals surface area contributed by atoms with Gasteiger partial charge in [-0.1, -0.05) is 58.0 Å². The van der Waals surface area contributed by atoms with Crippen molar-refractivity contribution in [2.75, 3.05) is 23.7 Å². The molecule has 12 heteroatoms. The predicted octanol–water partition coefficient (Wildman–Crippen LogP) is 9.16. The maximum Gasteiger partial charge on any atom is 0.245 e. The number of aromatic amines is 2. The number of imidazole rings is 2. The first-order valence-electron chi connectivity index (χ1n) is 21.2. The normalized spacial score (nSPS) is 17.8. The molecule has 0 saturated carbocycles. The lowest BCUT2D eigenvalue weighted by atomic mass is 9.99. The summed E-state index contributed by atoms with van der Waals surface area (Å²) < 4.78 is 0. The highest BCUT2D eigenvalue weighted by Gasteiger charge is 2.38. The van der Waals surface area contributed by atoms with E-state index in [1.807, 2.05) is 40.3 Å². The molecule has 2 fully saturated rings. The van der Waals surface area contributed by atoms with Gasteiger partial charge in [-0.2, -0.15) is 0 Å². The number of H-pyrrole nitrogens is 2. The molecule has 60 heavy (non-hydrogen) atoms. The van der Waals surface area contributed by atoms with Crippen molar-refractivity contribution in [3.63, 3.8) is 0 Å². The van der Waals surface area contributed by atoms with Crippen LogP contribution in [0.4, 0.5) is 11.4 Å². The van der Waals surface area contributed by atoms with Gasteiger partial charge in [0, 0.05) is 54.8 Å². The van der Waals surface area contributed by atoms with Gasteiger partial charge in [0.25, 0.3) is 0 Å². The summed E-state index contributed by atoms with van der Waals surface area (Å²) in [6.07, 6.45) is 12.4. The SMILES string of the molecule is CC(C)[C@H](Nc1ccncc1)C(=O)N1CCC[C@H]1c1ncc(-c2ccc3cc(-c4ccc5nc([C@@H]6CCCN6C(=O)[C@@H](Nc6ccncc6)C(C)C)[nH]c5c4)ccc3c2)[nH]1.